The lowest BCUT2D eigenvalue weighted by Crippen LogP contribution is -2.65. The Morgan fingerprint density at radius 2 is 1.20 bits per heavy atom. The average Bonchev–Trinajstić information content (AvgIpc) is 4.05. The van der Waals surface area contributed by atoms with E-state index in [0.717, 1.165) is 17.0 Å². The third kappa shape index (κ3) is 12.4. The van der Waals surface area contributed by atoms with Crippen LogP contribution in [0.2, 0.25) is 18.1 Å². The monoisotopic (exact) mass is 818 g/mol. The second-order valence-electron chi connectivity index (χ2n) is 13.3. The van der Waals surface area contributed by atoms with Crippen molar-refractivity contribution in [2.75, 3.05) is 48.3 Å². The van der Waals surface area contributed by atoms with E-state index in [1.807, 2.05) is 67.2 Å². The molecule has 15 heteroatoms. The minimum Gasteiger partial charge on any atom is -0.423 e. The van der Waals surface area contributed by atoms with Gasteiger partial charge in [0.05, 0.1) is 13.2 Å². The molecular formula is C39H53F3O8Si4. The topological polar surface area (TPSA) is 77.1 Å². The summed E-state index contributed by atoms with van der Waals surface area (Å²) < 4.78 is 84.1. The molecule has 8 nitrogen and oxygen atoms in total. The molecule has 0 amide bonds. The number of epoxide rings is 1. The van der Waals surface area contributed by atoms with Crippen LogP contribution in [0.15, 0.2) is 121 Å². The SMILES string of the molecule is CO[SiH](OC)O[SiH2]C(COCC1CO1)C(C)(c1ccccc1)c1ccccc1.CO[Si](CCC(F)(F)F)(OC)O[Si](C)(c1ccccc1)c1ccccc1. The summed E-state index contributed by atoms with van der Waals surface area (Å²) in [6.07, 6.45) is -5.05. The van der Waals surface area contributed by atoms with Crippen LogP contribution >= 0.6 is 0 Å². The number of hydrogen-bond donors (Lipinski definition) is 0. The third-order valence-electron chi connectivity index (χ3n) is 9.75. The first-order valence-electron chi connectivity index (χ1n) is 17.9. The predicted octanol–water partition coefficient (Wildman–Crippen LogP) is 5.88. The van der Waals surface area contributed by atoms with Gasteiger partial charge in [-0.05, 0) is 28.0 Å². The Kier molecular flexibility index (Phi) is 17.0. The third-order valence-corrected chi connectivity index (χ3v) is 21.7. The van der Waals surface area contributed by atoms with Crippen LogP contribution in [0, 0.1) is 0 Å². The zero-order valence-corrected chi connectivity index (χ0v) is 36.5. The average molecular weight is 819 g/mol. The van der Waals surface area contributed by atoms with Gasteiger partial charge in [-0.3, -0.25) is 0 Å². The predicted molar refractivity (Wildman–Crippen MR) is 215 cm³/mol. The molecule has 1 aliphatic heterocycles. The quantitative estimate of drug-likeness (QED) is 0.0809. The van der Waals surface area contributed by atoms with Gasteiger partial charge < -0.3 is 35.4 Å². The summed E-state index contributed by atoms with van der Waals surface area (Å²) >= 11 is 0. The number of alkyl halides is 3. The van der Waals surface area contributed by atoms with E-state index in [2.05, 4.69) is 67.6 Å². The Morgan fingerprint density at radius 1 is 0.759 bits per heavy atom. The first-order chi connectivity index (χ1) is 25.9. The molecule has 2 atom stereocenters. The summed E-state index contributed by atoms with van der Waals surface area (Å²) in [6, 6.07) is 40.1. The van der Waals surface area contributed by atoms with Crippen LogP contribution in [0.4, 0.5) is 13.2 Å². The standard InChI is InChI=1S/C21H30O5Si2.C18H23F3O3Si2/c1-21(17-10-6-4-7-11-17,18-12-8-5-9-13-18)20(16-24-14-19-15-25-19)27-26-28(22-2)23-3;1-22-26(23-2,15-14-18(19,20)21)24-25(3,16-10-6-4-7-11-16)17-12-8-5-9-13-17/h4-13,19-20,28H,14-16,27H2,1-3H3;4-13H,14-15H2,1-3H3. The molecule has 1 heterocycles. The molecule has 5 rings (SSSR count). The highest BCUT2D eigenvalue weighted by Gasteiger charge is 2.50. The molecule has 1 fully saturated rings. The Balaban J connectivity index is 0.000000241. The van der Waals surface area contributed by atoms with Crippen molar-refractivity contribution in [3.05, 3.63) is 132 Å². The zero-order valence-electron chi connectivity index (χ0n) is 31.9. The molecule has 1 saturated heterocycles. The highest BCUT2D eigenvalue weighted by atomic mass is 28.5. The van der Waals surface area contributed by atoms with Crippen molar-refractivity contribution in [3.8, 4) is 0 Å². The summed E-state index contributed by atoms with van der Waals surface area (Å²) in [5.41, 5.74) is 2.53. The van der Waals surface area contributed by atoms with E-state index < -0.39 is 49.0 Å². The van der Waals surface area contributed by atoms with Crippen LogP contribution < -0.4 is 10.4 Å². The first-order valence-corrected chi connectivity index (χ1v) is 25.0. The number of benzene rings is 4. The van der Waals surface area contributed by atoms with Crippen LogP contribution in [0.3, 0.4) is 0 Å². The summed E-state index contributed by atoms with van der Waals surface area (Å²) in [5.74, 6) is 0. The van der Waals surface area contributed by atoms with Crippen molar-refractivity contribution in [1.29, 1.82) is 0 Å². The maximum absolute atomic E-state index is 12.8. The maximum Gasteiger partial charge on any atom is 0.490 e. The molecule has 294 valence electrons. The van der Waals surface area contributed by atoms with Gasteiger partial charge in [0.2, 0.25) is 8.32 Å². The molecule has 0 radical (unpaired) electrons. The van der Waals surface area contributed by atoms with E-state index in [4.69, 9.17) is 35.4 Å². The molecule has 0 saturated carbocycles. The minimum absolute atomic E-state index is 0.219. The Morgan fingerprint density at radius 3 is 1.59 bits per heavy atom. The second kappa shape index (κ2) is 20.9. The van der Waals surface area contributed by atoms with Crippen molar-refractivity contribution in [2.24, 2.45) is 0 Å². The molecule has 0 N–H and O–H groups in total. The minimum atomic E-state index is -4.30. The van der Waals surface area contributed by atoms with Crippen molar-refractivity contribution < 1.29 is 48.6 Å². The summed E-state index contributed by atoms with van der Waals surface area (Å²) in [5, 5.41) is 1.90. The number of hydrogen-bond acceptors (Lipinski definition) is 8. The van der Waals surface area contributed by atoms with Gasteiger partial charge in [0, 0.05) is 58.5 Å². The molecular weight excluding hydrogens is 766 g/mol. The molecule has 2 unspecified atom stereocenters. The van der Waals surface area contributed by atoms with E-state index >= 15 is 0 Å². The summed E-state index contributed by atoms with van der Waals surface area (Å²) in [6.45, 7) is 6.33. The van der Waals surface area contributed by atoms with E-state index in [0.29, 0.717) is 13.2 Å². The van der Waals surface area contributed by atoms with Crippen molar-refractivity contribution in [3.63, 3.8) is 0 Å². The highest BCUT2D eigenvalue weighted by Crippen LogP contribution is 2.42. The van der Waals surface area contributed by atoms with Gasteiger partial charge >= 0.3 is 24.5 Å². The Bertz CT molecular complexity index is 1540. The Labute approximate surface area is 324 Å². The van der Waals surface area contributed by atoms with Crippen LogP contribution in [0.25, 0.3) is 0 Å². The highest BCUT2D eigenvalue weighted by molar-refractivity contribution is 7.00. The van der Waals surface area contributed by atoms with Gasteiger partial charge in [0.1, 0.15) is 6.10 Å². The lowest BCUT2D eigenvalue weighted by Gasteiger charge is -2.39. The fourth-order valence-electron chi connectivity index (χ4n) is 6.35. The molecule has 0 bridgehead atoms. The number of halogens is 3. The van der Waals surface area contributed by atoms with E-state index in [9.17, 15) is 13.2 Å². The normalized spacial score (nSPS) is 15.6. The lowest BCUT2D eigenvalue weighted by atomic mass is 9.73. The largest absolute Gasteiger partial charge is 0.490 e. The van der Waals surface area contributed by atoms with Gasteiger partial charge in [0.25, 0.3) is 0 Å². The first kappa shape index (κ1) is 43.9. The second-order valence-corrected chi connectivity index (χ2v) is 24.2. The van der Waals surface area contributed by atoms with E-state index in [1.165, 1.54) is 25.3 Å². The maximum atomic E-state index is 12.8. The molecule has 1 aliphatic rings. The van der Waals surface area contributed by atoms with Gasteiger partial charge in [-0.15, -0.1) is 0 Å². The van der Waals surface area contributed by atoms with Crippen LogP contribution in [-0.2, 0) is 40.8 Å². The van der Waals surface area contributed by atoms with Crippen LogP contribution in [0.1, 0.15) is 24.5 Å². The molecule has 0 aromatic heterocycles. The van der Waals surface area contributed by atoms with E-state index in [1.54, 1.807) is 14.2 Å². The number of rotatable bonds is 20. The van der Waals surface area contributed by atoms with Gasteiger partial charge in [0.15, 0.2) is 9.76 Å². The fraction of sp³-hybridized carbons (Fsp3) is 0.385. The van der Waals surface area contributed by atoms with Crippen molar-refractivity contribution in [1.82, 2.24) is 0 Å². The van der Waals surface area contributed by atoms with Gasteiger partial charge in [-0.2, -0.15) is 13.2 Å². The lowest BCUT2D eigenvalue weighted by molar-refractivity contribution is -0.132. The van der Waals surface area contributed by atoms with Crippen LogP contribution in [0.5, 0.6) is 0 Å². The van der Waals surface area contributed by atoms with Gasteiger partial charge in [-0.25, -0.2) is 0 Å². The number of ether oxygens (including phenoxy) is 2. The smallest absolute Gasteiger partial charge is 0.423 e. The molecule has 4 aromatic rings. The summed E-state index contributed by atoms with van der Waals surface area (Å²) in [4.78, 5) is 0. The summed E-state index contributed by atoms with van der Waals surface area (Å²) in [7, 11) is -3.41. The van der Waals surface area contributed by atoms with Gasteiger partial charge in [-0.1, -0.05) is 128 Å². The van der Waals surface area contributed by atoms with E-state index in [-0.39, 0.29) is 23.1 Å². The Hall–Kier alpha value is -2.78. The molecule has 0 aliphatic carbocycles. The zero-order chi connectivity index (χ0) is 39.1. The van der Waals surface area contributed by atoms with Crippen molar-refractivity contribution in [2.45, 2.75) is 49.2 Å². The molecule has 4 aromatic carbocycles. The van der Waals surface area contributed by atoms with Crippen LogP contribution in [-0.4, -0.2) is 97.0 Å². The molecule has 0 spiro atoms. The molecule has 54 heavy (non-hydrogen) atoms. The fourth-order valence-corrected chi connectivity index (χ4v) is 17.9. The van der Waals surface area contributed by atoms with Crippen molar-refractivity contribution >= 4 is 46.8 Å².